The van der Waals surface area contributed by atoms with E-state index in [2.05, 4.69) is 11.8 Å². The Morgan fingerprint density at radius 1 is 1.33 bits per heavy atom. The van der Waals surface area contributed by atoms with Gasteiger partial charge in [0, 0.05) is 13.7 Å². The lowest BCUT2D eigenvalue weighted by atomic mass is 9.94. The molecule has 3 heteroatoms. The van der Waals surface area contributed by atoms with Crippen LogP contribution in [0.2, 0.25) is 0 Å². The van der Waals surface area contributed by atoms with Gasteiger partial charge in [-0.25, -0.2) is 0 Å². The van der Waals surface area contributed by atoms with E-state index >= 15 is 0 Å². The predicted molar refractivity (Wildman–Crippen MR) is 77.7 cm³/mol. The first-order valence-electron chi connectivity index (χ1n) is 7.71. The summed E-state index contributed by atoms with van der Waals surface area (Å²) in [6.45, 7) is 7.84. The maximum atomic E-state index is 5.68. The normalized spacial score (nSPS) is 22.5. The Labute approximate surface area is 113 Å². The topological polar surface area (TPSA) is 38.5 Å². The summed E-state index contributed by atoms with van der Waals surface area (Å²) >= 11 is 0. The lowest BCUT2D eigenvalue weighted by Crippen LogP contribution is -2.23. The zero-order chi connectivity index (χ0) is 13.2. The number of hydrogen-bond acceptors (Lipinski definition) is 3. The highest BCUT2D eigenvalue weighted by molar-refractivity contribution is 4.75. The first-order chi connectivity index (χ1) is 8.80. The molecule has 3 nitrogen and oxygen atoms in total. The molecule has 0 aromatic carbocycles. The van der Waals surface area contributed by atoms with Gasteiger partial charge in [0.05, 0.1) is 6.61 Å². The van der Waals surface area contributed by atoms with Crippen molar-refractivity contribution in [2.45, 2.75) is 45.4 Å². The van der Waals surface area contributed by atoms with E-state index in [0.29, 0.717) is 0 Å². The quantitative estimate of drug-likeness (QED) is 0.652. The van der Waals surface area contributed by atoms with Crippen LogP contribution in [0.1, 0.15) is 45.4 Å². The minimum atomic E-state index is 0.769. The second kappa shape index (κ2) is 9.76. The summed E-state index contributed by atoms with van der Waals surface area (Å²) in [6, 6.07) is 0. The van der Waals surface area contributed by atoms with E-state index in [9.17, 15) is 0 Å². The number of rotatable bonds is 10. The smallest absolute Gasteiger partial charge is 0.0503 e. The van der Waals surface area contributed by atoms with Gasteiger partial charge in [-0.3, -0.25) is 0 Å². The third-order valence-electron chi connectivity index (χ3n) is 4.13. The molecule has 1 saturated heterocycles. The Morgan fingerprint density at radius 2 is 2.17 bits per heavy atom. The van der Waals surface area contributed by atoms with E-state index in [4.69, 9.17) is 10.5 Å². The second-order valence-electron chi connectivity index (χ2n) is 5.78. The van der Waals surface area contributed by atoms with Gasteiger partial charge < -0.3 is 15.4 Å². The Kier molecular flexibility index (Phi) is 8.64. The number of nitrogens with two attached hydrogens (primary N) is 1. The lowest BCUT2D eigenvalue weighted by molar-refractivity contribution is 0.153. The van der Waals surface area contributed by atoms with Gasteiger partial charge in [-0.15, -0.1) is 0 Å². The fraction of sp³-hybridized carbons (Fsp3) is 1.00. The third kappa shape index (κ3) is 6.17. The van der Waals surface area contributed by atoms with Crippen LogP contribution in [-0.2, 0) is 4.74 Å². The van der Waals surface area contributed by atoms with E-state index in [1.807, 2.05) is 7.11 Å². The molecule has 1 fully saturated rings. The van der Waals surface area contributed by atoms with Crippen LogP contribution in [0.3, 0.4) is 0 Å². The van der Waals surface area contributed by atoms with Crippen molar-refractivity contribution in [1.29, 1.82) is 0 Å². The standard InChI is InChI=1S/C15H32N2O/c1-3-5-14(7-9-16)6-4-10-17-11-8-15(12-17)13-18-2/h14-15H,3-13,16H2,1-2H3. The van der Waals surface area contributed by atoms with Crippen molar-refractivity contribution >= 4 is 0 Å². The summed E-state index contributed by atoms with van der Waals surface area (Å²) in [4.78, 5) is 2.61. The van der Waals surface area contributed by atoms with E-state index in [1.54, 1.807) is 0 Å². The van der Waals surface area contributed by atoms with Crippen LogP contribution in [0.5, 0.6) is 0 Å². The van der Waals surface area contributed by atoms with Crippen LogP contribution in [0.4, 0.5) is 0 Å². The van der Waals surface area contributed by atoms with Gasteiger partial charge >= 0.3 is 0 Å². The van der Waals surface area contributed by atoms with Gasteiger partial charge in [0.15, 0.2) is 0 Å². The molecular formula is C15H32N2O. The molecule has 1 aliphatic heterocycles. The summed E-state index contributed by atoms with van der Waals surface area (Å²) in [6.07, 6.45) is 7.86. The Morgan fingerprint density at radius 3 is 2.83 bits per heavy atom. The summed E-state index contributed by atoms with van der Waals surface area (Å²) in [5.41, 5.74) is 5.68. The third-order valence-corrected chi connectivity index (χ3v) is 4.13. The summed E-state index contributed by atoms with van der Waals surface area (Å²) < 4.78 is 5.24. The molecule has 0 aliphatic carbocycles. The molecule has 0 radical (unpaired) electrons. The molecular weight excluding hydrogens is 224 g/mol. The van der Waals surface area contributed by atoms with Gasteiger partial charge in [-0.1, -0.05) is 19.8 Å². The monoisotopic (exact) mass is 256 g/mol. The van der Waals surface area contributed by atoms with Gasteiger partial charge in [0.2, 0.25) is 0 Å². The van der Waals surface area contributed by atoms with Crippen LogP contribution in [0.25, 0.3) is 0 Å². The molecule has 0 spiro atoms. The van der Waals surface area contributed by atoms with Crippen LogP contribution in [0, 0.1) is 11.8 Å². The molecule has 1 heterocycles. The van der Waals surface area contributed by atoms with Gasteiger partial charge in [0.1, 0.15) is 0 Å². The van der Waals surface area contributed by atoms with Gasteiger partial charge in [0.25, 0.3) is 0 Å². The van der Waals surface area contributed by atoms with Crippen LogP contribution < -0.4 is 5.73 Å². The Bertz CT molecular complexity index is 193. The van der Waals surface area contributed by atoms with Crippen molar-refractivity contribution in [2.75, 3.05) is 39.9 Å². The van der Waals surface area contributed by atoms with E-state index < -0.39 is 0 Å². The molecule has 0 aromatic heterocycles. The van der Waals surface area contributed by atoms with Gasteiger partial charge in [-0.2, -0.15) is 0 Å². The van der Waals surface area contributed by atoms with Crippen molar-refractivity contribution in [1.82, 2.24) is 4.90 Å². The average molecular weight is 256 g/mol. The highest BCUT2D eigenvalue weighted by atomic mass is 16.5. The molecule has 0 bridgehead atoms. The summed E-state index contributed by atoms with van der Waals surface area (Å²) in [5, 5.41) is 0. The molecule has 0 aromatic rings. The molecule has 108 valence electrons. The van der Waals surface area contributed by atoms with E-state index in [-0.39, 0.29) is 0 Å². The fourth-order valence-corrected chi connectivity index (χ4v) is 3.17. The minimum absolute atomic E-state index is 0.769. The molecule has 0 amide bonds. The molecule has 2 atom stereocenters. The maximum Gasteiger partial charge on any atom is 0.0503 e. The zero-order valence-electron chi connectivity index (χ0n) is 12.4. The molecule has 1 aliphatic rings. The predicted octanol–water partition coefficient (Wildman–Crippen LogP) is 2.50. The number of likely N-dealkylation sites (tertiary alicyclic amines) is 1. The molecule has 2 unspecified atom stereocenters. The Hall–Kier alpha value is -0.120. The van der Waals surface area contributed by atoms with Crippen molar-refractivity contribution in [3.63, 3.8) is 0 Å². The van der Waals surface area contributed by atoms with E-state index in [0.717, 1.165) is 25.0 Å². The van der Waals surface area contributed by atoms with Crippen molar-refractivity contribution in [3.05, 3.63) is 0 Å². The summed E-state index contributed by atoms with van der Waals surface area (Å²) in [5.74, 6) is 1.63. The lowest BCUT2D eigenvalue weighted by Gasteiger charge is -2.19. The van der Waals surface area contributed by atoms with Crippen molar-refractivity contribution < 1.29 is 4.74 Å². The SMILES string of the molecule is CCCC(CCN)CCCN1CCC(COC)C1. The van der Waals surface area contributed by atoms with E-state index in [1.165, 1.54) is 58.2 Å². The number of nitrogens with zero attached hydrogens (tertiary/aromatic N) is 1. The highest BCUT2D eigenvalue weighted by Crippen LogP contribution is 2.20. The number of hydrogen-bond donors (Lipinski definition) is 1. The van der Waals surface area contributed by atoms with Crippen molar-refractivity contribution in [2.24, 2.45) is 17.6 Å². The van der Waals surface area contributed by atoms with Crippen LogP contribution in [0.15, 0.2) is 0 Å². The average Bonchev–Trinajstić information content (AvgIpc) is 2.78. The van der Waals surface area contributed by atoms with Crippen molar-refractivity contribution in [3.8, 4) is 0 Å². The maximum absolute atomic E-state index is 5.68. The number of ether oxygens (including phenoxy) is 1. The first kappa shape index (κ1) is 15.9. The molecule has 2 N–H and O–H groups in total. The number of methoxy groups -OCH3 is 1. The molecule has 18 heavy (non-hydrogen) atoms. The largest absolute Gasteiger partial charge is 0.384 e. The Balaban J connectivity index is 2.09. The molecule has 1 rings (SSSR count). The van der Waals surface area contributed by atoms with Crippen LogP contribution in [-0.4, -0.2) is 44.8 Å². The molecule has 0 saturated carbocycles. The summed E-state index contributed by atoms with van der Waals surface area (Å²) in [7, 11) is 1.81. The van der Waals surface area contributed by atoms with Crippen LogP contribution >= 0.6 is 0 Å². The second-order valence-corrected chi connectivity index (χ2v) is 5.78. The minimum Gasteiger partial charge on any atom is -0.384 e. The highest BCUT2D eigenvalue weighted by Gasteiger charge is 2.21. The van der Waals surface area contributed by atoms with Gasteiger partial charge in [-0.05, 0) is 57.2 Å². The first-order valence-corrected chi connectivity index (χ1v) is 7.71. The zero-order valence-corrected chi connectivity index (χ0v) is 12.4. The fourth-order valence-electron chi connectivity index (χ4n) is 3.17.